The van der Waals surface area contributed by atoms with E-state index in [1.807, 2.05) is 0 Å². The van der Waals surface area contributed by atoms with Crippen LogP contribution in [-0.2, 0) is 11.2 Å². The molecular formula is C19H34N4O. The second-order valence-corrected chi connectivity index (χ2v) is 5.70. The van der Waals surface area contributed by atoms with Gasteiger partial charge in [0.1, 0.15) is 0 Å². The Hall–Kier alpha value is -1.59. The quantitative estimate of drug-likeness (QED) is 0.370. The molecule has 5 nitrogen and oxygen atoms in total. The predicted octanol–water partition coefficient (Wildman–Crippen LogP) is 2.14. The first-order chi connectivity index (χ1) is 11.7. The number of hydrogen-bond acceptors (Lipinski definition) is 3. The molecule has 0 saturated heterocycles. The maximum absolute atomic E-state index is 5.09. The van der Waals surface area contributed by atoms with Crippen LogP contribution in [0.1, 0.15) is 26.3 Å². The Morgan fingerprint density at radius 3 is 2.42 bits per heavy atom. The normalized spacial score (nSPS) is 13.1. The molecule has 0 saturated carbocycles. The fourth-order valence-corrected chi connectivity index (χ4v) is 2.75. The van der Waals surface area contributed by atoms with Gasteiger partial charge < -0.3 is 15.4 Å². The van der Waals surface area contributed by atoms with Gasteiger partial charge in [-0.15, -0.1) is 0 Å². The number of guanidine groups is 1. The van der Waals surface area contributed by atoms with E-state index < -0.39 is 0 Å². The van der Waals surface area contributed by atoms with E-state index in [1.54, 1.807) is 7.11 Å². The van der Waals surface area contributed by atoms with Crippen molar-refractivity contribution in [3.05, 3.63) is 35.9 Å². The SMILES string of the molecule is CCNC(=NCC(Cc1ccccc1)N(CC)CC)NCCOC. The molecule has 2 N–H and O–H groups in total. The van der Waals surface area contributed by atoms with Gasteiger partial charge in [-0.2, -0.15) is 0 Å². The van der Waals surface area contributed by atoms with Crippen LogP contribution in [0.2, 0.25) is 0 Å². The van der Waals surface area contributed by atoms with Gasteiger partial charge in [0, 0.05) is 26.2 Å². The summed E-state index contributed by atoms with van der Waals surface area (Å²) in [7, 11) is 1.71. The summed E-state index contributed by atoms with van der Waals surface area (Å²) in [4.78, 5) is 7.28. The van der Waals surface area contributed by atoms with E-state index in [1.165, 1.54) is 5.56 Å². The number of likely N-dealkylation sites (N-methyl/N-ethyl adjacent to an activating group) is 1. The summed E-state index contributed by atoms with van der Waals surface area (Å²) >= 11 is 0. The van der Waals surface area contributed by atoms with Crippen molar-refractivity contribution in [1.82, 2.24) is 15.5 Å². The zero-order valence-corrected chi connectivity index (χ0v) is 15.7. The summed E-state index contributed by atoms with van der Waals surface area (Å²) in [5, 5.41) is 6.61. The van der Waals surface area contributed by atoms with Crippen LogP contribution in [0, 0.1) is 0 Å². The molecule has 1 atom stereocenters. The van der Waals surface area contributed by atoms with Gasteiger partial charge in [-0.25, -0.2) is 0 Å². The Morgan fingerprint density at radius 2 is 1.83 bits per heavy atom. The molecule has 1 aromatic carbocycles. The average molecular weight is 335 g/mol. The molecule has 0 spiro atoms. The van der Waals surface area contributed by atoms with E-state index in [0.717, 1.165) is 45.1 Å². The van der Waals surface area contributed by atoms with Crippen molar-refractivity contribution < 1.29 is 4.74 Å². The summed E-state index contributed by atoms with van der Waals surface area (Å²) in [5.74, 6) is 0.861. The first-order valence-corrected chi connectivity index (χ1v) is 9.04. The fourth-order valence-electron chi connectivity index (χ4n) is 2.75. The Bertz CT molecular complexity index is 446. The maximum atomic E-state index is 5.09. The number of hydrogen-bond donors (Lipinski definition) is 2. The molecule has 0 amide bonds. The van der Waals surface area contributed by atoms with Gasteiger partial charge in [-0.1, -0.05) is 44.2 Å². The second kappa shape index (κ2) is 12.8. The highest BCUT2D eigenvalue weighted by molar-refractivity contribution is 5.79. The minimum Gasteiger partial charge on any atom is -0.383 e. The predicted molar refractivity (Wildman–Crippen MR) is 103 cm³/mol. The lowest BCUT2D eigenvalue weighted by Gasteiger charge is -2.29. The van der Waals surface area contributed by atoms with Crippen molar-refractivity contribution in [2.24, 2.45) is 4.99 Å². The zero-order chi connectivity index (χ0) is 17.6. The first-order valence-electron chi connectivity index (χ1n) is 9.04. The van der Waals surface area contributed by atoms with Crippen molar-refractivity contribution in [2.75, 3.05) is 46.4 Å². The van der Waals surface area contributed by atoms with Crippen molar-refractivity contribution in [3.8, 4) is 0 Å². The van der Waals surface area contributed by atoms with Crippen LogP contribution in [0.3, 0.4) is 0 Å². The van der Waals surface area contributed by atoms with Gasteiger partial charge in [0.25, 0.3) is 0 Å². The third-order valence-corrected chi connectivity index (χ3v) is 4.05. The third kappa shape index (κ3) is 7.79. The van der Waals surface area contributed by atoms with Crippen molar-refractivity contribution in [2.45, 2.75) is 33.2 Å². The molecule has 1 rings (SSSR count). The largest absolute Gasteiger partial charge is 0.383 e. The van der Waals surface area contributed by atoms with Gasteiger partial charge >= 0.3 is 0 Å². The van der Waals surface area contributed by atoms with E-state index in [9.17, 15) is 0 Å². The van der Waals surface area contributed by atoms with Crippen molar-refractivity contribution in [1.29, 1.82) is 0 Å². The van der Waals surface area contributed by atoms with E-state index in [-0.39, 0.29) is 0 Å². The van der Waals surface area contributed by atoms with Crippen LogP contribution in [0.4, 0.5) is 0 Å². The minimum absolute atomic E-state index is 0.403. The first kappa shape index (κ1) is 20.5. The molecule has 0 aliphatic rings. The Labute approximate surface area is 147 Å². The summed E-state index contributed by atoms with van der Waals surface area (Å²) in [6, 6.07) is 11.1. The van der Waals surface area contributed by atoms with Gasteiger partial charge in [0.05, 0.1) is 13.2 Å². The van der Waals surface area contributed by atoms with Crippen LogP contribution >= 0.6 is 0 Å². The molecule has 0 aliphatic carbocycles. The molecule has 24 heavy (non-hydrogen) atoms. The molecule has 0 bridgehead atoms. The highest BCUT2D eigenvalue weighted by Gasteiger charge is 2.16. The number of aliphatic imine (C=N–C) groups is 1. The number of methoxy groups -OCH3 is 1. The summed E-state index contributed by atoms with van der Waals surface area (Å²) in [6.07, 6.45) is 1.02. The third-order valence-electron chi connectivity index (χ3n) is 4.05. The summed E-state index contributed by atoms with van der Waals surface area (Å²) < 4.78 is 5.09. The van der Waals surface area contributed by atoms with E-state index in [2.05, 4.69) is 66.6 Å². The average Bonchev–Trinajstić information content (AvgIpc) is 2.61. The van der Waals surface area contributed by atoms with Gasteiger partial charge in [0.2, 0.25) is 0 Å². The highest BCUT2D eigenvalue weighted by atomic mass is 16.5. The Kier molecular flexibility index (Phi) is 10.9. The highest BCUT2D eigenvalue weighted by Crippen LogP contribution is 2.09. The topological polar surface area (TPSA) is 48.9 Å². The monoisotopic (exact) mass is 334 g/mol. The number of benzene rings is 1. The Morgan fingerprint density at radius 1 is 1.12 bits per heavy atom. The summed E-state index contributed by atoms with van der Waals surface area (Å²) in [6.45, 7) is 11.7. The molecule has 5 heteroatoms. The number of nitrogens with zero attached hydrogens (tertiary/aromatic N) is 2. The molecule has 1 unspecified atom stereocenters. The molecular weight excluding hydrogens is 300 g/mol. The minimum atomic E-state index is 0.403. The summed E-state index contributed by atoms with van der Waals surface area (Å²) in [5.41, 5.74) is 1.36. The second-order valence-electron chi connectivity index (χ2n) is 5.70. The smallest absolute Gasteiger partial charge is 0.191 e. The lowest BCUT2D eigenvalue weighted by Crippen LogP contribution is -2.42. The van der Waals surface area contributed by atoms with Gasteiger partial charge in [0.15, 0.2) is 5.96 Å². The molecule has 0 radical (unpaired) electrons. The fraction of sp³-hybridized carbons (Fsp3) is 0.632. The van der Waals surface area contributed by atoms with Gasteiger partial charge in [-0.05, 0) is 32.0 Å². The van der Waals surface area contributed by atoms with Crippen LogP contribution in [0.25, 0.3) is 0 Å². The van der Waals surface area contributed by atoms with Crippen molar-refractivity contribution in [3.63, 3.8) is 0 Å². The molecule has 0 heterocycles. The zero-order valence-electron chi connectivity index (χ0n) is 15.7. The molecule has 136 valence electrons. The Balaban J connectivity index is 2.75. The van der Waals surface area contributed by atoms with Crippen molar-refractivity contribution >= 4 is 5.96 Å². The number of ether oxygens (including phenoxy) is 1. The lowest BCUT2D eigenvalue weighted by atomic mass is 10.0. The maximum Gasteiger partial charge on any atom is 0.191 e. The van der Waals surface area contributed by atoms with E-state index in [0.29, 0.717) is 12.6 Å². The van der Waals surface area contributed by atoms with Crippen LogP contribution in [-0.4, -0.2) is 63.3 Å². The lowest BCUT2D eigenvalue weighted by molar-refractivity contribution is 0.203. The molecule has 1 aromatic rings. The molecule has 0 fully saturated rings. The van der Waals surface area contributed by atoms with Gasteiger partial charge in [-0.3, -0.25) is 9.89 Å². The number of nitrogens with one attached hydrogen (secondary N) is 2. The van der Waals surface area contributed by atoms with E-state index in [4.69, 9.17) is 9.73 Å². The van der Waals surface area contributed by atoms with E-state index >= 15 is 0 Å². The standard InChI is InChI=1S/C19H34N4O/c1-5-20-19(21-13-14-24-4)22-16-18(23(6-2)7-3)15-17-11-9-8-10-12-17/h8-12,18H,5-7,13-16H2,1-4H3,(H2,20,21,22). The van der Waals surface area contributed by atoms with Crippen LogP contribution in [0.5, 0.6) is 0 Å². The molecule has 0 aliphatic heterocycles. The van der Waals surface area contributed by atoms with Crippen LogP contribution in [0.15, 0.2) is 35.3 Å². The van der Waals surface area contributed by atoms with Crippen LogP contribution < -0.4 is 10.6 Å². The molecule has 0 aromatic heterocycles. The number of rotatable bonds is 11.